The minimum atomic E-state index is -2.62. The molecule has 2 aromatic rings. The zero-order chi connectivity index (χ0) is 33.9. The molecule has 13 heteroatoms. The molecule has 0 heterocycles. The van der Waals surface area contributed by atoms with E-state index in [9.17, 15) is 29.1 Å². The molecule has 46 heavy (non-hydrogen) atoms. The summed E-state index contributed by atoms with van der Waals surface area (Å²) >= 11 is 12.1. The van der Waals surface area contributed by atoms with E-state index in [0.29, 0.717) is 21.2 Å². The molecule has 2 aliphatic rings. The normalized spacial score (nSPS) is 25.7. The van der Waals surface area contributed by atoms with E-state index in [1.165, 1.54) is 6.08 Å². The van der Waals surface area contributed by atoms with Crippen LogP contribution in [0.1, 0.15) is 24.5 Å². The first kappa shape index (κ1) is 34.7. The molecule has 2 aliphatic carbocycles. The van der Waals surface area contributed by atoms with Gasteiger partial charge in [-0.05, 0) is 53.8 Å². The van der Waals surface area contributed by atoms with Gasteiger partial charge in [0.2, 0.25) is 0 Å². The van der Waals surface area contributed by atoms with E-state index in [2.05, 4.69) is 0 Å². The van der Waals surface area contributed by atoms with Crippen LogP contribution in [0.25, 0.3) is 11.6 Å². The third-order valence-corrected chi connectivity index (χ3v) is 8.97. The maximum absolute atomic E-state index is 14.2. The zero-order valence-electron chi connectivity index (χ0n) is 25.6. The molecule has 4 rings (SSSR count). The summed E-state index contributed by atoms with van der Waals surface area (Å²) in [5, 5.41) is 13.4. The molecule has 1 saturated carbocycles. The molecule has 2 aromatic carbocycles. The Hall–Kier alpha value is -4.19. The Labute approximate surface area is 275 Å². The lowest BCUT2D eigenvalue weighted by atomic mass is 9.50. The van der Waals surface area contributed by atoms with Gasteiger partial charge in [0, 0.05) is 16.0 Å². The molecule has 0 radical (unpaired) electrons. The number of rotatable bonds is 8. The lowest BCUT2D eigenvalue weighted by molar-refractivity contribution is -0.212. The molecule has 0 spiro atoms. The van der Waals surface area contributed by atoms with Crippen LogP contribution in [0.2, 0.25) is 10.0 Å². The molecule has 1 unspecified atom stereocenters. The van der Waals surface area contributed by atoms with Crippen LogP contribution in [0.5, 0.6) is 0 Å². The largest absolute Gasteiger partial charge is 0.469 e. The van der Waals surface area contributed by atoms with Crippen molar-refractivity contribution < 1.29 is 52.8 Å². The van der Waals surface area contributed by atoms with Crippen LogP contribution in [0, 0.1) is 29.6 Å². The van der Waals surface area contributed by atoms with Crippen molar-refractivity contribution >= 4 is 64.7 Å². The molecule has 11 nitrogen and oxygen atoms in total. The molecule has 0 saturated heterocycles. The first-order chi connectivity index (χ1) is 21.8. The first-order valence-electron chi connectivity index (χ1n) is 14.1. The second-order valence-electron chi connectivity index (χ2n) is 10.9. The van der Waals surface area contributed by atoms with Crippen LogP contribution in [-0.4, -0.2) is 69.0 Å². The Balaban J connectivity index is 2.01. The molecule has 0 aliphatic heterocycles. The number of hydrogen-bond acceptors (Lipinski definition) is 11. The summed E-state index contributed by atoms with van der Waals surface area (Å²) in [4.78, 5) is 67.8. The molecular formula is C33H32Cl2O11. The van der Waals surface area contributed by atoms with Gasteiger partial charge in [-0.1, -0.05) is 54.4 Å². The van der Waals surface area contributed by atoms with E-state index in [4.69, 9.17) is 46.9 Å². The fourth-order valence-corrected chi connectivity index (χ4v) is 6.78. The number of ether oxygens (including phenoxy) is 5. The Morgan fingerprint density at radius 2 is 1.30 bits per heavy atom. The highest BCUT2D eigenvalue weighted by Gasteiger charge is 2.71. The highest BCUT2D eigenvalue weighted by molar-refractivity contribution is 6.31. The van der Waals surface area contributed by atoms with Crippen molar-refractivity contribution in [2.75, 3.05) is 28.4 Å². The van der Waals surface area contributed by atoms with Gasteiger partial charge in [-0.25, -0.2) is 9.59 Å². The predicted octanol–water partition coefficient (Wildman–Crippen LogP) is 4.27. The van der Waals surface area contributed by atoms with Gasteiger partial charge in [-0.2, -0.15) is 0 Å². The number of fused-ring (bicyclic) bond motifs is 2. The number of aliphatic hydroxyl groups is 1. The van der Waals surface area contributed by atoms with Crippen LogP contribution >= 0.6 is 23.2 Å². The van der Waals surface area contributed by atoms with Gasteiger partial charge in [-0.15, -0.1) is 0 Å². The number of carbonyl (C=O) groups is 5. The number of halogens is 2. The zero-order valence-corrected chi connectivity index (χ0v) is 27.1. The van der Waals surface area contributed by atoms with Gasteiger partial charge in [0.05, 0.1) is 51.4 Å². The highest BCUT2D eigenvalue weighted by atomic mass is 35.5. The van der Waals surface area contributed by atoms with Crippen molar-refractivity contribution in [3.05, 3.63) is 81.0 Å². The average Bonchev–Trinajstić information content (AvgIpc) is 3.03. The Kier molecular flexibility index (Phi) is 10.6. The molecule has 1 N–H and O–H groups in total. The molecule has 6 atom stereocenters. The Morgan fingerprint density at radius 3 is 1.83 bits per heavy atom. The summed E-state index contributed by atoms with van der Waals surface area (Å²) in [6.07, 6.45) is 1.44. The van der Waals surface area contributed by atoms with Crippen molar-refractivity contribution in [1.29, 1.82) is 0 Å². The van der Waals surface area contributed by atoms with E-state index >= 15 is 0 Å². The number of benzene rings is 2. The third kappa shape index (κ3) is 6.27. The summed E-state index contributed by atoms with van der Waals surface area (Å²) in [5.74, 6) is -13.0. The summed E-state index contributed by atoms with van der Waals surface area (Å²) in [7, 11) is 4.21. The third-order valence-electron chi connectivity index (χ3n) is 8.47. The van der Waals surface area contributed by atoms with Crippen molar-refractivity contribution in [3.63, 3.8) is 0 Å². The van der Waals surface area contributed by atoms with Gasteiger partial charge in [0.15, 0.2) is 0 Å². The van der Waals surface area contributed by atoms with E-state index in [1.54, 1.807) is 55.5 Å². The second kappa shape index (κ2) is 14.1. The Morgan fingerprint density at radius 1 is 0.783 bits per heavy atom. The summed E-state index contributed by atoms with van der Waals surface area (Å²) in [6.45, 7) is 1.60. The predicted molar refractivity (Wildman–Crippen MR) is 165 cm³/mol. The van der Waals surface area contributed by atoms with Crippen molar-refractivity contribution in [3.8, 4) is 0 Å². The Bertz CT molecular complexity index is 1600. The average molecular weight is 676 g/mol. The standard InChI is InChI=1S/C33H32Cl2O11/c1-16-14-22-23(29(37)42-2)27(26(32(40)45-5)33(41,24(16)30(38)43-3)25(22)31(39)44-4)46-28(36)21(18-8-12-20(35)13-9-18)15-17-6-10-19(34)11-7-17/h6-13,15-16,22,24-26,41H,14H2,1-5H3/b21-15+/t16-,22+,24-,25-,26?,33-/m1/s1. The molecule has 1 fully saturated rings. The van der Waals surface area contributed by atoms with Crippen molar-refractivity contribution in [2.24, 2.45) is 29.6 Å². The first-order valence-corrected chi connectivity index (χ1v) is 14.8. The smallest absolute Gasteiger partial charge is 0.343 e. The quantitative estimate of drug-likeness (QED) is 0.185. The lowest BCUT2D eigenvalue weighted by Crippen LogP contribution is -2.68. The van der Waals surface area contributed by atoms with E-state index in [1.807, 2.05) is 0 Å². The number of methoxy groups -OCH3 is 4. The van der Waals surface area contributed by atoms with Crippen LogP contribution in [0.15, 0.2) is 59.9 Å². The summed E-state index contributed by atoms with van der Waals surface area (Å²) < 4.78 is 25.9. The van der Waals surface area contributed by atoms with E-state index < -0.39 is 70.8 Å². The van der Waals surface area contributed by atoms with Crippen molar-refractivity contribution in [1.82, 2.24) is 0 Å². The maximum Gasteiger partial charge on any atom is 0.343 e. The SMILES string of the molecule is COC(=O)C1=C(OC(=O)/C(=C/c2ccc(Cl)cc2)c2ccc(Cl)cc2)C(C(=O)OC)[C@@]2(O)[C@@H](C(=O)OC)[C@H](C)C[C@@H]1[C@@H]2C(=O)OC. The molecular weight excluding hydrogens is 643 g/mol. The molecule has 0 amide bonds. The monoisotopic (exact) mass is 674 g/mol. The summed E-state index contributed by atoms with van der Waals surface area (Å²) in [5.41, 5.74) is -2.12. The van der Waals surface area contributed by atoms with Gasteiger partial charge in [0.1, 0.15) is 17.3 Å². The number of esters is 5. The minimum Gasteiger partial charge on any atom is -0.469 e. The summed E-state index contributed by atoms with van der Waals surface area (Å²) in [6, 6.07) is 12.7. The lowest BCUT2D eigenvalue weighted by Gasteiger charge is -2.55. The minimum absolute atomic E-state index is 0.0375. The fraction of sp³-hybridized carbons (Fsp3) is 0.364. The number of carbonyl (C=O) groups excluding carboxylic acids is 5. The fourth-order valence-electron chi connectivity index (χ4n) is 6.52. The van der Waals surface area contributed by atoms with Crippen LogP contribution < -0.4 is 0 Å². The number of hydrogen-bond donors (Lipinski definition) is 1. The molecule has 244 valence electrons. The van der Waals surface area contributed by atoms with E-state index in [0.717, 1.165) is 28.4 Å². The molecule has 0 aromatic heterocycles. The van der Waals surface area contributed by atoms with E-state index in [-0.39, 0.29) is 17.6 Å². The van der Waals surface area contributed by atoms with Gasteiger partial charge in [0.25, 0.3) is 0 Å². The maximum atomic E-state index is 14.2. The van der Waals surface area contributed by atoms with Gasteiger partial charge in [-0.3, -0.25) is 14.4 Å². The van der Waals surface area contributed by atoms with Gasteiger partial charge >= 0.3 is 29.8 Å². The van der Waals surface area contributed by atoms with Crippen LogP contribution in [0.4, 0.5) is 0 Å². The topological polar surface area (TPSA) is 152 Å². The van der Waals surface area contributed by atoms with Crippen molar-refractivity contribution in [2.45, 2.75) is 18.9 Å². The highest BCUT2D eigenvalue weighted by Crippen LogP contribution is 2.58. The van der Waals surface area contributed by atoms with Crippen LogP contribution in [-0.2, 0) is 47.7 Å². The molecule has 2 bridgehead atoms. The van der Waals surface area contributed by atoms with Gasteiger partial charge < -0.3 is 28.8 Å². The second-order valence-corrected chi connectivity index (χ2v) is 11.8. The van der Waals surface area contributed by atoms with Crippen LogP contribution in [0.3, 0.4) is 0 Å².